The zero-order valence-electron chi connectivity index (χ0n) is 17.6. The Kier molecular flexibility index (Phi) is 5.79. The largest absolute Gasteiger partial charge is 0.355 e. The Morgan fingerprint density at radius 2 is 1.90 bits per heavy atom. The first-order valence-corrected chi connectivity index (χ1v) is 10.7. The molecule has 2 heterocycles. The van der Waals surface area contributed by atoms with Gasteiger partial charge in [-0.3, -0.25) is 4.79 Å². The van der Waals surface area contributed by atoms with E-state index in [0.717, 1.165) is 48.2 Å². The molecule has 0 atom stereocenters. The third kappa shape index (κ3) is 4.06. The van der Waals surface area contributed by atoms with E-state index in [4.69, 9.17) is 0 Å². The van der Waals surface area contributed by atoms with Crippen LogP contribution in [0, 0.1) is 19.7 Å². The van der Waals surface area contributed by atoms with Crippen LogP contribution in [0.2, 0.25) is 0 Å². The molecule has 0 bridgehead atoms. The van der Waals surface area contributed by atoms with Gasteiger partial charge in [-0.05, 0) is 56.4 Å². The molecule has 0 unspecified atom stereocenters. The lowest BCUT2D eigenvalue weighted by atomic mass is 9.69. The predicted octanol–water partition coefficient (Wildman–Crippen LogP) is 3.83. The van der Waals surface area contributed by atoms with Gasteiger partial charge in [-0.2, -0.15) is 10.1 Å². The number of amides is 1. The Hall–Kier alpha value is -2.83. The minimum absolute atomic E-state index is 0.0274. The van der Waals surface area contributed by atoms with Crippen LogP contribution in [0.4, 0.5) is 4.39 Å². The average Bonchev–Trinajstić information content (AvgIpc) is 3.22. The number of rotatable bonds is 6. The van der Waals surface area contributed by atoms with Gasteiger partial charge < -0.3 is 5.32 Å². The van der Waals surface area contributed by atoms with Crippen LogP contribution in [0.3, 0.4) is 0 Å². The van der Waals surface area contributed by atoms with Crippen LogP contribution in [-0.4, -0.2) is 32.0 Å². The molecule has 1 saturated carbocycles. The van der Waals surface area contributed by atoms with E-state index in [1.54, 1.807) is 4.52 Å². The minimum atomic E-state index is -0.225. The van der Waals surface area contributed by atoms with E-state index in [2.05, 4.69) is 20.4 Å². The second-order valence-corrected chi connectivity index (χ2v) is 8.36. The van der Waals surface area contributed by atoms with E-state index in [0.29, 0.717) is 25.2 Å². The molecule has 1 N–H and O–H groups in total. The van der Waals surface area contributed by atoms with Crippen LogP contribution < -0.4 is 5.32 Å². The number of aryl methyl sites for hydroxylation is 2. The first kappa shape index (κ1) is 20.4. The Bertz CT molecular complexity index is 1040. The van der Waals surface area contributed by atoms with Crippen molar-refractivity contribution in [2.24, 2.45) is 0 Å². The molecule has 7 heteroatoms. The molecular weight excluding hydrogens is 381 g/mol. The van der Waals surface area contributed by atoms with Crippen LogP contribution >= 0.6 is 0 Å². The van der Waals surface area contributed by atoms with Gasteiger partial charge in [0.15, 0.2) is 0 Å². The van der Waals surface area contributed by atoms with Crippen LogP contribution in [0.25, 0.3) is 5.78 Å². The molecule has 0 radical (unpaired) electrons. The third-order valence-electron chi connectivity index (χ3n) is 6.48. The highest BCUT2D eigenvalue weighted by atomic mass is 19.1. The van der Waals surface area contributed by atoms with Crippen molar-refractivity contribution < 1.29 is 9.18 Å². The maximum absolute atomic E-state index is 13.4. The number of aromatic nitrogens is 4. The summed E-state index contributed by atoms with van der Waals surface area (Å²) in [6.07, 6.45) is 8.01. The number of hydrogen-bond acceptors (Lipinski definition) is 4. The molecule has 0 spiro atoms. The summed E-state index contributed by atoms with van der Waals surface area (Å²) < 4.78 is 15.1. The fraction of sp³-hybridized carbons (Fsp3) is 0.478. The van der Waals surface area contributed by atoms with E-state index < -0.39 is 0 Å². The summed E-state index contributed by atoms with van der Waals surface area (Å²) in [5, 5.41) is 7.37. The number of benzene rings is 1. The molecule has 1 aromatic carbocycles. The van der Waals surface area contributed by atoms with Gasteiger partial charge in [-0.1, -0.05) is 31.4 Å². The number of nitrogens with one attached hydrogen (secondary N) is 1. The highest BCUT2D eigenvalue weighted by Gasteiger charge is 2.34. The summed E-state index contributed by atoms with van der Waals surface area (Å²) in [5.74, 6) is 0.383. The smallest absolute Gasteiger partial charge is 0.252 e. The summed E-state index contributed by atoms with van der Waals surface area (Å²) in [5.41, 5.74) is 3.91. The summed E-state index contributed by atoms with van der Waals surface area (Å²) in [4.78, 5) is 21.3. The maximum Gasteiger partial charge on any atom is 0.252 e. The van der Waals surface area contributed by atoms with Crippen LogP contribution in [-0.2, 0) is 16.6 Å². The molecule has 1 amide bonds. The molecule has 1 aliphatic carbocycles. The third-order valence-corrected chi connectivity index (χ3v) is 6.48. The van der Waals surface area contributed by atoms with Crippen molar-refractivity contribution in [2.75, 3.05) is 6.54 Å². The molecule has 0 aliphatic heterocycles. The number of fused-ring (bicyclic) bond motifs is 1. The fourth-order valence-corrected chi connectivity index (χ4v) is 4.71. The standard InChI is InChI=1S/C23H28FN5O/c1-16-20(17(2)29-22(28-16)26-15-27-29)10-11-21(30)25-14-23(12-4-3-5-13-23)18-6-8-19(24)9-7-18/h6-9,15H,3-5,10-14H2,1-2H3,(H,25,30). The van der Waals surface area contributed by atoms with Gasteiger partial charge >= 0.3 is 0 Å². The number of nitrogens with zero attached hydrogens (tertiary/aromatic N) is 4. The van der Waals surface area contributed by atoms with Crippen molar-refractivity contribution in [3.63, 3.8) is 0 Å². The number of carbonyl (C=O) groups excluding carboxylic acids is 1. The van der Waals surface area contributed by atoms with Crippen molar-refractivity contribution in [2.45, 2.75) is 64.2 Å². The molecule has 0 saturated heterocycles. The van der Waals surface area contributed by atoms with Gasteiger partial charge in [0.25, 0.3) is 5.78 Å². The minimum Gasteiger partial charge on any atom is -0.355 e. The molecular formula is C23H28FN5O. The van der Waals surface area contributed by atoms with Gasteiger partial charge in [0.2, 0.25) is 5.91 Å². The van der Waals surface area contributed by atoms with Crippen molar-refractivity contribution >= 4 is 11.7 Å². The van der Waals surface area contributed by atoms with Gasteiger partial charge in [0.05, 0.1) is 0 Å². The molecule has 3 aromatic rings. The monoisotopic (exact) mass is 409 g/mol. The van der Waals surface area contributed by atoms with E-state index in [1.165, 1.54) is 24.9 Å². The van der Waals surface area contributed by atoms with Gasteiger partial charge in [-0.15, -0.1) is 0 Å². The summed E-state index contributed by atoms with van der Waals surface area (Å²) in [7, 11) is 0. The lowest BCUT2D eigenvalue weighted by molar-refractivity contribution is -0.121. The van der Waals surface area contributed by atoms with Crippen LogP contribution in [0.15, 0.2) is 30.6 Å². The molecule has 6 nitrogen and oxygen atoms in total. The number of carbonyl (C=O) groups is 1. The number of hydrogen-bond donors (Lipinski definition) is 1. The highest BCUT2D eigenvalue weighted by Crippen LogP contribution is 2.39. The zero-order valence-corrected chi connectivity index (χ0v) is 17.6. The second kappa shape index (κ2) is 8.50. The Morgan fingerprint density at radius 1 is 1.17 bits per heavy atom. The fourth-order valence-electron chi connectivity index (χ4n) is 4.71. The van der Waals surface area contributed by atoms with E-state index in [1.807, 2.05) is 26.0 Å². The van der Waals surface area contributed by atoms with Gasteiger partial charge in [0, 0.05) is 29.8 Å². The van der Waals surface area contributed by atoms with E-state index in [9.17, 15) is 9.18 Å². The molecule has 1 aliphatic rings. The molecule has 4 rings (SSSR count). The first-order chi connectivity index (χ1) is 14.5. The molecule has 30 heavy (non-hydrogen) atoms. The predicted molar refractivity (Wildman–Crippen MR) is 113 cm³/mol. The molecule has 2 aromatic heterocycles. The van der Waals surface area contributed by atoms with Crippen molar-refractivity contribution in [3.05, 3.63) is 58.9 Å². The molecule has 158 valence electrons. The summed E-state index contributed by atoms with van der Waals surface area (Å²) in [6, 6.07) is 6.79. The quantitative estimate of drug-likeness (QED) is 0.672. The van der Waals surface area contributed by atoms with Gasteiger partial charge in [-0.25, -0.2) is 13.9 Å². The van der Waals surface area contributed by atoms with Crippen molar-refractivity contribution in [1.29, 1.82) is 0 Å². The Labute approximate surface area is 175 Å². The lowest BCUT2D eigenvalue weighted by Gasteiger charge is -2.38. The zero-order chi connectivity index (χ0) is 21.1. The molecule has 1 fully saturated rings. The average molecular weight is 410 g/mol. The summed E-state index contributed by atoms with van der Waals surface area (Å²) in [6.45, 7) is 4.52. The SMILES string of the molecule is Cc1nc2ncnn2c(C)c1CCC(=O)NCC1(c2ccc(F)cc2)CCCCC1. The van der Waals surface area contributed by atoms with Crippen molar-refractivity contribution in [3.8, 4) is 0 Å². The van der Waals surface area contributed by atoms with Crippen molar-refractivity contribution in [1.82, 2.24) is 24.9 Å². The highest BCUT2D eigenvalue weighted by molar-refractivity contribution is 5.76. The van der Waals surface area contributed by atoms with E-state index >= 15 is 0 Å². The van der Waals surface area contributed by atoms with E-state index in [-0.39, 0.29) is 17.1 Å². The van der Waals surface area contributed by atoms with Crippen LogP contribution in [0.5, 0.6) is 0 Å². The number of halogens is 1. The normalized spacial score (nSPS) is 16.0. The van der Waals surface area contributed by atoms with Gasteiger partial charge in [0.1, 0.15) is 12.1 Å². The second-order valence-electron chi connectivity index (χ2n) is 8.36. The Balaban J connectivity index is 1.43. The topological polar surface area (TPSA) is 72.2 Å². The Morgan fingerprint density at radius 3 is 2.63 bits per heavy atom. The first-order valence-electron chi connectivity index (χ1n) is 10.7. The maximum atomic E-state index is 13.4. The summed E-state index contributed by atoms with van der Waals surface area (Å²) >= 11 is 0. The lowest BCUT2D eigenvalue weighted by Crippen LogP contribution is -2.42. The van der Waals surface area contributed by atoms with Crippen LogP contribution in [0.1, 0.15) is 61.0 Å².